The van der Waals surface area contributed by atoms with E-state index in [1.165, 1.54) is 11.8 Å². The number of amides is 3. The molecule has 3 N–H and O–H groups in total. The van der Waals surface area contributed by atoms with Crippen LogP contribution < -0.4 is 16.0 Å². The first-order valence-electron chi connectivity index (χ1n) is 12.7. The third kappa shape index (κ3) is 8.33. The highest BCUT2D eigenvalue weighted by molar-refractivity contribution is 8.00. The van der Waals surface area contributed by atoms with Crippen LogP contribution in [0.5, 0.6) is 0 Å². The van der Waals surface area contributed by atoms with Gasteiger partial charge in [0.05, 0.1) is 5.25 Å². The molecule has 0 saturated carbocycles. The van der Waals surface area contributed by atoms with E-state index in [4.69, 9.17) is 11.6 Å². The van der Waals surface area contributed by atoms with Crippen LogP contribution in [0.3, 0.4) is 0 Å². The highest BCUT2D eigenvalue weighted by Gasteiger charge is 2.19. The predicted octanol–water partition coefficient (Wildman–Crippen LogP) is 7.26. The van der Waals surface area contributed by atoms with E-state index in [0.717, 1.165) is 10.5 Å². The molecule has 0 fully saturated rings. The summed E-state index contributed by atoms with van der Waals surface area (Å²) in [4.78, 5) is 39.9. The summed E-state index contributed by atoms with van der Waals surface area (Å²) < 4.78 is 0. The second-order valence-corrected chi connectivity index (χ2v) is 10.5. The van der Waals surface area contributed by atoms with Crippen molar-refractivity contribution in [2.75, 3.05) is 10.6 Å². The van der Waals surface area contributed by atoms with Gasteiger partial charge in [0.15, 0.2) is 0 Å². The number of carbonyl (C=O) groups is 3. The van der Waals surface area contributed by atoms with E-state index in [2.05, 4.69) is 16.0 Å². The molecule has 0 aliphatic rings. The molecule has 4 rings (SSSR count). The van der Waals surface area contributed by atoms with Gasteiger partial charge in [-0.2, -0.15) is 0 Å². The summed E-state index contributed by atoms with van der Waals surface area (Å²) in [6.45, 7) is 1.94. The van der Waals surface area contributed by atoms with E-state index in [1.54, 1.807) is 66.7 Å². The van der Waals surface area contributed by atoms with Gasteiger partial charge < -0.3 is 16.0 Å². The number of halogens is 1. The van der Waals surface area contributed by atoms with Crippen molar-refractivity contribution in [1.82, 2.24) is 5.32 Å². The third-order valence-corrected chi connectivity index (χ3v) is 7.36. The van der Waals surface area contributed by atoms with Gasteiger partial charge in [0, 0.05) is 26.9 Å². The lowest BCUT2D eigenvalue weighted by Gasteiger charge is -2.16. The molecule has 8 heteroatoms. The topological polar surface area (TPSA) is 87.3 Å². The summed E-state index contributed by atoms with van der Waals surface area (Å²) in [5, 5.41) is 8.71. The van der Waals surface area contributed by atoms with Crippen molar-refractivity contribution in [1.29, 1.82) is 0 Å². The van der Waals surface area contributed by atoms with Crippen LogP contribution in [0.25, 0.3) is 6.08 Å². The minimum Gasteiger partial charge on any atom is -0.325 e. The van der Waals surface area contributed by atoms with Gasteiger partial charge in [0.25, 0.3) is 11.8 Å². The molecule has 1 unspecified atom stereocenters. The number of hydrogen-bond acceptors (Lipinski definition) is 4. The Bertz CT molecular complexity index is 1510. The Hall–Kier alpha value is -4.33. The molecule has 0 aliphatic carbocycles. The maximum absolute atomic E-state index is 13.3. The number of hydrogen-bond donors (Lipinski definition) is 3. The van der Waals surface area contributed by atoms with Crippen molar-refractivity contribution in [3.8, 4) is 0 Å². The zero-order valence-electron chi connectivity index (χ0n) is 21.8. The molecule has 0 spiro atoms. The van der Waals surface area contributed by atoms with E-state index >= 15 is 0 Å². The maximum Gasteiger partial charge on any atom is 0.272 e. The summed E-state index contributed by atoms with van der Waals surface area (Å²) in [6.07, 6.45) is 2.23. The van der Waals surface area contributed by atoms with Crippen LogP contribution >= 0.6 is 23.4 Å². The minimum absolute atomic E-state index is 0.102. The molecule has 0 aliphatic heterocycles. The Balaban J connectivity index is 1.48. The van der Waals surface area contributed by atoms with Crippen LogP contribution in [0.4, 0.5) is 11.4 Å². The fourth-order valence-electron chi connectivity index (χ4n) is 3.78. The van der Waals surface area contributed by atoms with Gasteiger partial charge in [-0.15, -0.1) is 11.8 Å². The van der Waals surface area contributed by atoms with Gasteiger partial charge >= 0.3 is 0 Å². The molecule has 4 aromatic rings. The summed E-state index contributed by atoms with van der Waals surface area (Å²) in [5.41, 5.74) is 2.47. The first-order valence-corrected chi connectivity index (χ1v) is 13.9. The number of anilines is 2. The second kappa shape index (κ2) is 14.2. The maximum atomic E-state index is 13.3. The monoisotopic (exact) mass is 569 g/mol. The van der Waals surface area contributed by atoms with Crippen molar-refractivity contribution in [3.05, 3.63) is 131 Å². The van der Waals surface area contributed by atoms with Crippen LogP contribution in [0.2, 0.25) is 5.02 Å². The fourth-order valence-corrected chi connectivity index (χ4v) is 4.98. The summed E-state index contributed by atoms with van der Waals surface area (Å²) in [5.74, 6) is -0.999. The molecule has 4 aromatic carbocycles. The molecule has 202 valence electrons. The summed E-state index contributed by atoms with van der Waals surface area (Å²) >= 11 is 7.44. The first-order chi connectivity index (χ1) is 19.4. The zero-order chi connectivity index (χ0) is 28.3. The van der Waals surface area contributed by atoms with Crippen LogP contribution in [0.15, 0.2) is 120 Å². The number of rotatable bonds is 10. The molecule has 0 saturated heterocycles. The fraction of sp³-hybridized carbons (Fsp3) is 0.0938. The molecule has 1 atom stereocenters. The SMILES string of the molecule is CCC(Sc1cccc(NC(=O)/C(=C/c2ccccc2)NC(=O)c2ccccc2)c1)C(=O)Nc1cccc(Cl)c1. The van der Waals surface area contributed by atoms with Crippen molar-refractivity contribution in [2.24, 2.45) is 0 Å². The molecule has 3 amide bonds. The van der Waals surface area contributed by atoms with E-state index in [1.807, 2.05) is 55.5 Å². The smallest absolute Gasteiger partial charge is 0.272 e. The molecule has 0 heterocycles. The quantitative estimate of drug-likeness (QED) is 0.138. The van der Waals surface area contributed by atoms with Crippen LogP contribution in [0.1, 0.15) is 29.3 Å². The Morgan fingerprint density at radius 3 is 2.12 bits per heavy atom. The largest absolute Gasteiger partial charge is 0.325 e. The number of thioether (sulfide) groups is 1. The average molecular weight is 570 g/mol. The van der Waals surface area contributed by atoms with Crippen molar-refractivity contribution in [3.63, 3.8) is 0 Å². The lowest BCUT2D eigenvalue weighted by Crippen LogP contribution is -2.30. The van der Waals surface area contributed by atoms with Gasteiger partial charge in [-0.1, -0.05) is 79.2 Å². The molecule has 40 heavy (non-hydrogen) atoms. The van der Waals surface area contributed by atoms with Crippen LogP contribution in [0, 0.1) is 0 Å². The first kappa shape index (κ1) is 28.7. The highest BCUT2D eigenvalue weighted by atomic mass is 35.5. The van der Waals surface area contributed by atoms with E-state index < -0.39 is 11.8 Å². The molecular weight excluding hydrogens is 542 g/mol. The van der Waals surface area contributed by atoms with Gasteiger partial charge in [0.2, 0.25) is 5.91 Å². The van der Waals surface area contributed by atoms with Gasteiger partial charge in [-0.25, -0.2) is 0 Å². The number of benzene rings is 4. The molecule has 0 radical (unpaired) electrons. The van der Waals surface area contributed by atoms with Crippen molar-refractivity contribution >= 4 is 58.5 Å². The summed E-state index contributed by atoms with van der Waals surface area (Å²) in [6, 6.07) is 32.2. The van der Waals surface area contributed by atoms with E-state index in [9.17, 15) is 14.4 Å². The Morgan fingerprint density at radius 1 is 0.800 bits per heavy atom. The van der Waals surface area contributed by atoms with Gasteiger partial charge in [-0.3, -0.25) is 14.4 Å². The zero-order valence-corrected chi connectivity index (χ0v) is 23.3. The normalized spacial score (nSPS) is 11.8. The lowest BCUT2D eigenvalue weighted by atomic mass is 10.1. The molecule has 0 bridgehead atoms. The Kier molecular flexibility index (Phi) is 10.2. The molecular formula is C32H28ClN3O3S. The molecule has 0 aromatic heterocycles. The third-order valence-electron chi connectivity index (χ3n) is 5.77. The minimum atomic E-state index is -0.471. The Labute approximate surface area is 242 Å². The van der Waals surface area contributed by atoms with Gasteiger partial charge in [-0.05, 0) is 66.6 Å². The molecule has 6 nitrogen and oxygen atoms in total. The Morgan fingerprint density at radius 2 is 1.45 bits per heavy atom. The van der Waals surface area contributed by atoms with E-state index in [-0.39, 0.29) is 16.9 Å². The predicted molar refractivity (Wildman–Crippen MR) is 163 cm³/mol. The number of carbonyl (C=O) groups excluding carboxylic acids is 3. The van der Waals surface area contributed by atoms with Crippen LogP contribution in [-0.4, -0.2) is 23.0 Å². The second-order valence-electron chi connectivity index (χ2n) is 8.79. The lowest BCUT2D eigenvalue weighted by molar-refractivity contribution is -0.116. The van der Waals surface area contributed by atoms with Crippen molar-refractivity contribution < 1.29 is 14.4 Å². The van der Waals surface area contributed by atoms with Crippen LogP contribution in [-0.2, 0) is 9.59 Å². The van der Waals surface area contributed by atoms with Gasteiger partial charge in [0.1, 0.15) is 5.70 Å². The van der Waals surface area contributed by atoms with E-state index in [0.29, 0.717) is 28.4 Å². The number of nitrogens with one attached hydrogen (secondary N) is 3. The highest BCUT2D eigenvalue weighted by Crippen LogP contribution is 2.29. The average Bonchev–Trinajstić information content (AvgIpc) is 2.96. The summed E-state index contributed by atoms with van der Waals surface area (Å²) in [7, 11) is 0. The van der Waals surface area contributed by atoms with Crippen molar-refractivity contribution in [2.45, 2.75) is 23.5 Å². The standard InChI is InChI=1S/C32H28ClN3O3S/c1-2-29(32(39)35-25-16-9-15-24(33)20-25)40-27-18-10-17-26(21-27)34-31(38)28(19-22-11-5-3-6-12-22)36-30(37)23-13-7-4-8-14-23/h3-21,29H,2H2,1H3,(H,34,38)(H,35,39)(H,36,37)/b28-19-.